The van der Waals surface area contributed by atoms with Gasteiger partial charge in [0.15, 0.2) is 5.96 Å². The minimum atomic E-state index is -0.179. The molecule has 29 heavy (non-hydrogen) atoms. The first-order valence-corrected chi connectivity index (χ1v) is 9.94. The third-order valence-corrected chi connectivity index (χ3v) is 5.31. The van der Waals surface area contributed by atoms with Crippen molar-refractivity contribution >= 4 is 35.6 Å². The zero-order valence-corrected chi connectivity index (χ0v) is 19.7. The van der Waals surface area contributed by atoms with Crippen LogP contribution in [0.3, 0.4) is 0 Å². The van der Waals surface area contributed by atoms with Crippen LogP contribution in [0.15, 0.2) is 41.7 Å². The van der Waals surface area contributed by atoms with Gasteiger partial charge in [-0.2, -0.15) is 0 Å². The normalized spacial score (nSPS) is 16.9. The van der Waals surface area contributed by atoms with Crippen LogP contribution in [0.1, 0.15) is 29.5 Å². The average molecular weight is 511 g/mol. The lowest BCUT2D eigenvalue weighted by Crippen LogP contribution is -2.51. The summed E-state index contributed by atoms with van der Waals surface area (Å²) in [6.07, 6.45) is 6.86. The second-order valence-corrected chi connectivity index (χ2v) is 7.41. The van der Waals surface area contributed by atoms with Crippen molar-refractivity contribution in [3.8, 4) is 0 Å². The lowest BCUT2D eigenvalue weighted by Gasteiger charge is -2.36. The maximum Gasteiger partial charge on any atom is 0.191 e. The van der Waals surface area contributed by atoms with Crippen molar-refractivity contribution in [2.75, 3.05) is 31.6 Å². The second-order valence-electron chi connectivity index (χ2n) is 7.41. The van der Waals surface area contributed by atoms with E-state index in [4.69, 9.17) is 0 Å². The van der Waals surface area contributed by atoms with E-state index in [2.05, 4.69) is 38.5 Å². The Morgan fingerprint density at radius 2 is 2.10 bits per heavy atom. The first-order valence-electron chi connectivity index (χ1n) is 9.94. The Hall–Kier alpha value is -1.90. The largest absolute Gasteiger partial charge is 0.369 e. The number of nitrogens with one attached hydrogen (secondary N) is 2. The molecule has 1 unspecified atom stereocenters. The van der Waals surface area contributed by atoms with E-state index in [1.54, 1.807) is 19.2 Å². The number of nitrogens with zero attached hydrogens (tertiary/aromatic N) is 3. The summed E-state index contributed by atoms with van der Waals surface area (Å²) in [7, 11) is 1.80. The highest BCUT2D eigenvalue weighted by molar-refractivity contribution is 14.0. The third kappa shape index (κ3) is 6.55. The molecule has 2 N–H and O–H groups in total. The number of rotatable bonds is 5. The Balaban J connectivity index is 0.00000300. The molecule has 1 aliphatic heterocycles. The van der Waals surface area contributed by atoms with E-state index >= 15 is 0 Å². The van der Waals surface area contributed by atoms with Crippen LogP contribution in [0.5, 0.6) is 0 Å². The highest BCUT2D eigenvalue weighted by atomic mass is 127. The number of hydrogen-bond donors (Lipinski definition) is 2. The van der Waals surface area contributed by atoms with Gasteiger partial charge >= 0.3 is 0 Å². The summed E-state index contributed by atoms with van der Waals surface area (Å²) in [6.45, 7) is 6.76. The quantitative estimate of drug-likeness (QED) is 0.364. The van der Waals surface area contributed by atoms with Gasteiger partial charge in [-0.15, -0.1) is 24.0 Å². The number of guanidine groups is 1. The fourth-order valence-corrected chi connectivity index (χ4v) is 3.77. The van der Waals surface area contributed by atoms with Crippen LogP contribution >= 0.6 is 24.0 Å². The molecule has 3 rings (SSSR count). The van der Waals surface area contributed by atoms with E-state index < -0.39 is 0 Å². The Kier molecular flexibility index (Phi) is 9.13. The average Bonchev–Trinajstić information content (AvgIpc) is 2.69. The number of anilines is 1. The SMILES string of the molecule is CN=C(NCCc1ccncc1C)NC1CCCN(c2ccc(F)cc2C)C1.I. The number of halogens is 2. The predicted octanol–water partition coefficient (Wildman–Crippen LogP) is 3.83. The molecule has 1 aliphatic rings. The van der Waals surface area contributed by atoms with E-state index in [9.17, 15) is 4.39 Å². The molecule has 1 atom stereocenters. The Morgan fingerprint density at radius 3 is 2.83 bits per heavy atom. The van der Waals surface area contributed by atoms with Gasteiger partial charge in [-0.1, -0.05) is 0 Å². The lowest BCUT2D eigenvalue weighted by molar-refractivity contribution is 0.467. The van der Waals surface area contributed by atoms with Crippen molar-refractivity contribution in [1.82, 2.24) is 15.6 Å². The van der Waals surface area contributed by atoms with E-state index in [1.165, 1.54) is 11.1 Å². The number of piperidine rings is 1. The van der Waals surface area contributed by atoms with Gasteiger partial charge in [0.1, 0.15) is 5.82 Å². The van der Waals surface area contributed by atoms with Gasteiger partial charge < -0.3 is 15.5 Å². The van der Waals surface area contributed by atoms with Crippen molar-refractivity contribution in [1.29, 1.82) is 0 Å². The molecular weight excluding hydrogens is 480 g/mol. The zero-order chi connectivity index (χ0) is 19.9. The van der Waals surface area contributed by atoms with Crippen LogP contribution in [-0.4, -0.2) is 43.7 Å². The molecule has 0 spiro atoms. The number of aromatic nitrogens is 1. The van der Waals surface area contributed by atoms with Gasteiger partial charge in [-0.3, -0.25) is 9.98 Å². The van der Waals surface area contributed by atoms with Gasteiger partial charge in [0, 0.05) is 50.8 Å². The van der Waals surface area contributed by atoms with Crippen molar-refractivity contribution in [2.45, 2.75) is 39.2 Å². The van der Waals surface area contributed by atoms with Gasteiger partial charge in [0.2, 0.25) is 0 Å². The van der Waals surface area contributed by atoms with Crippen LogP contribution in [0.25, 0.3) is 0 Å². The molecule has 0 saturated carbocycles. The Bertz CT molecular complexity index is 827. The van der Waals surface area contributed by atoms with Crippen molar-refractivity contribution in [3.63, 3.8) is 0 Å². The molecule has 1 fully saturated rings. The molecule has 2 aromatic rings. The summed E-state index contributed by atoms with van der Waals surface area (Å²) in [5, 5.41) is 6.96. The maximum absolute atomic E-state index is 13.4. The van der Waals surface area contributed by atoms with Crippen molar-refractivity contribution in [3.05, 3.63) is 59.2 Å². The molecule has 0 radical (unpaired) electrons. The molecule has 1 saturated heterocycles. The highest BCUT2D eigenvalue weighted by Gasteiger charge is 2.22. The monoisotopic (exact) mass is 511 g/mol. The number of aliphatic imine (C=N–C) groups is 1. The van der Waals surface area contributed by atoms with E-state index in [0.29, 0.717) is 6.04 Å². The minimum Gasteiger partial charge on any atom is -0.369 e. The molecule has 7 heteroatoms. The summed E-state index contributed by atoms with van der Waals surface area (Å²) < 4.78 is 13.4. The summed E-state index contributed by atoms with van der Waals surface area (Å²) in [4.78, 5) is 10.9. The number of aryl methyl sites for hydroxylation is 2. The molecule has 1 aromatic heterocycles. The number of hydrogen-bond acceptors (Lipinski definition) is 3. The van der Waals surface area contributed by atoms with Crippen LogP contribution in [-0.2, 0) is 6.42 Å². The molecule has 0 aliphatic carbocycles. The van der Waals surface area contributed by atoms with Crippen LogP contribution < -0.4 is 15.5 Å². The number of benzene rings is 1. The fraction of sp³-hybridized carbons (Fsp3) is 0.455. The van der Waals surface area contributed by atoms with Crippen LogP contribution in [0, 0.1) is 19.7 Å². The van der Waals surface area contributed by atoms with Gasteiger partial charge in [-0.25, -0.2) is 4.39 Å². The second kappa shape index (κ2) is 11.3. The third-order valence-electron chi connectivity index (χ3n) is 5.31. The van der Waals surface area contributed by atoms with Gasteiger partial charge in [0.25, 0.3) is 0 Å². The first-order chi connectivity index (χ1) is 13.6. The van der Waals surface area contributed by atoms with Crippen LogP contribution in [0.4, 0.5) is 10.1 Å². The summed E-state index contributed by atoms with van der Waals surface area (Å²) in [5.74, 6) is 0.649. The molecule has 5 nitrogen and oxygen atoms in total. The summed E-state index contributed by atoms with van der Waals surface area (Å²) in [6, 6.07) is 7.41. The first kappa shape index (κ1) is 23.4. The zero-order valence-electron chi connectivity index (χ0n) is 17.4. The highest BCUT2D eigenvalue weighted by Crippen LogP contribution is 2.24. The Labute approximate surface area is 190 Å². The molecule has 0 amide bonds. The predicted molar refractivity (Wildman–Crippen MR) is 129 cm³/mol. The molecular formula is C22H31FIN5. The van der Waals surface area contributed by atoms with Gasteiger partial charge in [0.05, 0.1) is 0 Å². The maximum atomic E-state index is 13.4. The van der Waals surface area contributed by atoms with Gasteiger partial charge in [-0.05, 0) is 74.1 Å². The topological polar surface area (TPSA) is 52.6 Å². The minimum absolute atomic E-state index is 0. The molecule has 2 heterocycles. The Morgan fingerprint density at radius 1 is 1.28 bits per heavy atom. The number of pyridine rings is 1. The fourth-order valence-electron chi connectivity index (χ4n) is 3.77. The summed E-state index contributed by atoms with van der Waals surface area (Å²) >= 11 is 0. The standard InChI is InChI=1S/C22H30FN5.HI/c1-16-13-19(23)6-7-21(16)28-12-4-5-20(15-28)27-22(24-3)26-11-9-18-8-10-25-14-17(18)2;/h6-8,10,13-14,20H,4-5,9,11-12,15H2,1-3H3,(H2,24,26,27);1H. The summed E-state index contributed by atoms with van der Waals surface area (Å²) in [5.41, 5.74) is 4.61. The smallest absolute Gasteiger partial charge is 0.191 e. The molecule has 1 aromatic carbocycles. The van der Waals surface area contributed by atoms with E-state index in [-0.39, 0.29) is 29.8 Å². The lowest BCUT2D eigenvalue weighted by atomic mass is 10.0. The van der Waals surface area contributed by atoms with Crippen molar-refractivity contribution < 1.29 is 4.39 Å². The van der Waals surface area contributed by atoms with E-state index in [0.717, 1.165) is 56.1 Å². The van der Waals surface area contributed by atoms with Crippen molar-refractivity contribution in [2.24, 2.45) is 4.99 Å². The van der Waals surface area contributed by atoms with Crippen LogP contribution in [0.2, 0.25) is 0 Å². The molecule has 0 bridgehead atoms. The van der Waals surface area contributed by atoms with E-state index in [1.807, 2.05) is 25.4 Å². The molecule has 158 valence electrons.